The lowest BCUT2D eigenvalue weighted by molar-refractivity contribution is 0.0200. The van der Waals surface area contributed by atoms with E-state index in [1.165, 1.54) is 0 Å². The van der Waals surface area contributed by atoms with Crippen LogP contribution in [0.15, 0.2) is 29.3 Å². The minimum Gasteiger partial charge on any atom is -0.377 e. The van der Waals surface area contributed by atoms with Crippen LogP contribution in [0.4, 0.5) is 0 Å². The summed E-state index contributed by atoms with van der Waals surface area (Å²) >= 11 is 6.04. The van der Waals surface area contributed by atoms with E-state index in [0.717, 1.165) is 24.8 Å². The fraction of sp³-hybridized carbons (Fsp3) is 0.632. The van der Waals surface area contributed by atoms with Gasteiger partial charge in [0.05, 0.1) is 18.4 Å². The number of nitrogens with zero attached hydrogens (tertiary/aromatic N) is 2. The maximum atomic E-state index is 12.2. The Morgan fingerprint density at radius 3 is 2.89 bits per heavy atom. The second-order valence-corrected chi connectivity index (χ2v) is 9.24. The van der Waals surface area contributed by atoms with E-state index in [1.807, 2.05) is 43.1 Å². The predicted molar refractivity (Wildman–Crippen MR) is 114 cm³/mol. The Morgan fingerprint density at radius 1 is 1.39 bits per heavy atom. The first-order valence-electron chi connectivity index (χ1n) is 9.72. The quantitative estimate of drug-likeness (QED) is 0.463. The van der Waals surface area contributed by atoms with Crippen LogP contribution >= 0.6 is 11.6 Å². The summed E-state index contributed by atoms with van der Waals surface area (Å²) < 4.78 is 32.7. The fourth-order valence-corrected chi connectivity index (χ4v) is 4.11. The van der Waals surface area contributed by atoms with Gasteiger partial charge in [-0.05, 0) is 43.9 Å². The number of benzene rings is 1. The van der Waals surface area contributed by atoms with Crippen molar-refractivity contribution in [2.75, 3.05) is 39.0 Å². The maximum absolute atomic E-state index is 12.2. The highest BCUT2D eigenvalue weighted by atomic mass is 35.5. The molecular formula is C19H31ClN4O3S. The van der Waals surface area contributed by atoms with Crippen LogP contribution in [-0.4, -0.2) is 64.4 Å². The summed E-state index contributed by atoms with van der Waals surface area (Å²) in [7, 11) is -1.47. The van der Waals surface area contributed by atoms with E-state index in [1.54, 1.807) is 0 Å². The van der Waals surface area contributed by atoms with Crippen molar-refractivity contribution in [3.63, 3.8) is 0 Å². The Kier molecular flexibility index (Phi) is 9.50. The molecule has 1 fully saturated rings. The summed E-state index contributed by atoms with van der Waals surface area (Å²) in [5.41, 5.74) is 1.06. The average Bonchev–Trinajstić information content (AvgIpc) is 2.66. The lowest BCUT2D eigenvalue weighted by Crippen LogP contribution is -2.39. The Morgan fingerprint density at radius 2 is 2.21 bits per heavy atom. The Bertz CT molecular complexity index is 736. The summed E-state index contributed by atoms with van der Waals surface area (Å²) in [5.74, 6) is 0.605. The van der Waals surface area contributed by atoms with Gasteiger partial charge in [-0.2, -0.15) is 0 Å². The minimum absolute atomic E-state index is 0.0202. The molecule has 0 saturated carbocycles. The first-order valence-corrected chi connectivity index (χ1v) is 11.8. The van der Waals surface area contributed by atoms with Gasteiger partial charge in [-0.15, -0.1) is 0 Å². The number of guanidine groups is 1. The highest BCUT2D eigenvalue weighted by Crippen LogP contribution is 2.13. The standard InChI is InChI=1S/C19H31ClN4O3S/c1-3-21-19(24(2)15-16-7-6-8-17(20)13-16)22-10-12-28(25,26)23-14-18-9-4-5-11-27-18/h6-8,13,18,23H,3-5,9-12,14-15H2,1-2H3,(H,21,22). The molecule has 1 aromatic carbocycles. The van der Waals surface area contributed by atoms with E-state index in [0.29, 0.717) is 37.2 Å². The summed E-state index contributed by atoms with van der Waals surface area (Å²) in [6.07, 6.45) is 3.02. The van der Waals surface area contributed by atoms with E-state index in [9.17, 15) is 8.42 Å². The third-order valence-corrected chi connectivity index (χ3v) is 5.99. The van der Waals surface area contributed by atoms with E-state index in [2.05, 4.69) is 15.0 Å². The van der Waals surface area contributed by atoms with Gasteiger partial charge >= 0.3 is 0 Å². The summed E-state index contributed by atoms with van der Waals surface area (Å²) in [6.45, 7) is 4.52. The Hall–Kier alpha value is -1.35. The zero-order chi connectivity index (χ0) is 20.4. The number of hydrogen-bond donors (Lipinski definition) is 2. The van der Waals surface area contributed by atoms with Crippen molar-refractivity contribution in [3.05, 3.63) is 34.9 Å². The summed E-state index contributed by atoms with van der Waals surface area (Å²) in [5, 5.41) is 3.88. The molecule has 9 heteroatoms. The third kappa shape index (κ3) is 8.34. The van der Waals surface area contributed by atoms with E-state index < -0.39 is 10.0 Å². The highest BCUT2D eigenvalue weighted by molar-refractivity contribution is 7.89. The molecule has 0 amide bonds. The third-order valence-electron chi connectivity index (χ3n) is 4.43. The molecule has 0 bridgehead atoms. The molecule has 2 N–H and O–H groups in total. The summed E-state index contributed by atoms with van der Waals surface area (Å²) in [6, 6.07) is 7.64. The van der Waals surface area contributed by atoms with Gasteiger partial charge < -0.3 is 15.0 Å². The number of hydrogen-bond acceptors (Lipinski definition) is 4. The van der Waals surface area contributed by atoms with Gasteiger partial charge in [-0.1, -0.05) is 23.7 Å². The molecule has 1 aliphatic heterocycles. The van der Waals surface area contributed by atoms with Crippen LogP contribution in [0.25, 0.3) is 0 Å². The van der Waals surface area contributed by atoms with Crippen LogP contribution in [-0.2, 0) is 21.3 Å². The fourth-order valence-electron chi connectivity index (χ4n) is 2.99. The monoisotopic (exact) mass is 430 g/mol. The molecule has 158 valence electrons. The minimum atomic E-state index is -3.38. The first-order chi connectivity index (χ1) is 13.4. The molecule has 28 heavy (non-hydrogen) atoms. The number of aliphatic imine (C=N–C) groups is 1. The number of rotatable bonds is 9. The Labute approximate surface area is 173 Å². The van der Waals surface area contributed by atoms with Gasteiger partial charge in [0.25, 0.3) is 0 Å². The van der Waals surface area contributed by atoms with Crippen molar-refractivity contribution in [1.29, 1.82) is 0 Å². The van der Waals surface area contributed by atoms with Crippen molar-refractivity contribution in [2.45, 2.75) is 38.8 Å². The van der Waals surface area contributed by atoms with Gasteiger partial charge in [0.15, 0.2) is 5.96 Å². The van der Waals surface area contributed by atoms with E-state index in [4.69, 9.17) is 16.3 Å². The first kappa shape index (κ1) is 22.9. The van der Waals surface area contributed by atoms with Gasteiger partial charge in [0, 0.05) is 38.3 Å². The van der Waals surface area contributed by atoms with Crippen molar-refractivity contribution >= 4 is 27.6 Å². The second-order valence-electron chi connectivity index (χ2n) is 6.88. The van der Waals surface area contributed by atoms with Crippen LogP contribution in [0, 0.1) is 0 Å². The SMILES string of the molecule is CCNC(=NCCS(=O)(=O)NCC1CCCCO1)N(C)Cc1cccc(Cl)c1. The highest BCUT2D eigenvalue weighted by Gasteiger charge is 2.17. The zero-order valence-corrected chi connectivity index (χ0v) is 18.2. The smallest absolute Gasteiger partial charge is 0.213 e. The van der Waals surface area contributed by atoms with E-state index >= 15 is 0 Å². The van der Waals surface area contributed by atoms with Crippen molar-refractivity contribution < 1.29 is 13.2 Å². The largest absolute Gasteiger partial charge is 0.377 e. The molecule has 1 aliphatic rings. The van der Waals surface area contributed by atoms with Crippen LogP contribution in [0.1, 0.15) is 31.7 Å². The molecule has 1 saturated heterocycles. The normalized spacial score (nSPS) is 18.1. The molecule has 1 atom stereocenters. The molecule has 0 aliphatic carbocycles. The lowest BCUT2D eigenvalue weighted by atomic mass is 10.1. The number of halogens is 1. The second kappa shape index (κ2) is 11.6. The number of ether oxygens (including phenoxy) is 1. The molecule has 0 spiro atoms. The molecule has 1 heterocycles. The topological polar surface area (TPSA) is 83.0 Å². The molecule has 0 radical (unpaired) electrons. The lowest BCUT2D eigenvalue weighted by Gasteiger charge is -2.23. The van der Waals surface area contributed by atoms with Crippen LogP contribution in [0.2, 0.25) is 5.02 Å². The zero-order valence-electron chi connectivity index (χ0n) is 16.7. The molecule has 7 nitrogen and oxygen atoms in total. The van der Waals surface area contributed by atoms with Crippen molar-refractivity contribution in [2.24, 2.45) is 4.99 Å². The van der Waals surface area contributed by atoms with Crippen LogP contribution < -0.4 is 10.0 Å². The van der Waals surface area contributed by atoms with Crippen molar-refractivity contribution in [3.8, 4) is 0 Å². The van der Waals surface area contributed by atoms with Gasteiger partial charge in [0.1, 0.15) is 0 Å². The van der Waals surface area contributed by atoms with Gasteiger partial charge in [-0.25, -0.2) is 13.1 Å². The molecule has 1 unspecified atom stereocenters. The van der Waals surface area contributed by atoms with Gasteiger partial charge in [-0.3, -0.25) is 4.99 Å². The molecule has 1 aromatic rings. The van der Waals surface area contributed by atoms with Crippen molar-refractivity contribution in [1.82, 2.24) is 14.9 Å². The van der Waals surface area contributed by atoms with Crippen LogP contribution in [0.3, 0.4) is 0 Å². The van der Waals surface area contributed by atoms with E-state index in [-0.39, 0.29) is 18.4 Å². The average molecular weight is 431 g/mol. The summed E-state index contributed by atoms with van der Waals surface area (Å²) in [4.78, 5) is 6.41. The molecule has 2 rings (SSSR count). The van der Waals surface area contributed by atoms with Gasteiger partial charge in [0.2, 0.25) is 10.0 Å². The molecule has 0 aromatic heterocycles. The number of nitrogens with one attached hydrogen (secondary N) is 2. The molecular weight excluding hydrogens is 400 g/mol. The predicted octanol–water partition coefficient (Wildman–Crippen LogP) is 2.23. The van der Waals surface area contributed by atoms with Crippen LogP contribution in [0.5, 0.6) is 0 Å². The maximum Gasteiger partial charge on any atom is 0.213 e. The number of sulfonamides is 1. The Balaban J connectivity index is 1.86.